The first-order valence-corrected chi connectivity index (χ1v) is 5.63. The smallest absolute Gasteiger partial charge is 0.226 e. The standard InChI is InChI=1S/C10H13N5O3/c16-3-7-6(17)1-8(18-7)14-10-11-2-5-9(15-10)13-4-12-5/h2,4,6-8,16-17H,1,3H2,(H2,11,12,13,14,15)/t6-,7+,8?/m0/s1. The molecule has 4 N–H and O–H groups in total. The lowest BCUT2D eigenvalue weighted by atomic mass is 10.2. The second-order valence-electron chi connectivity index (χ2n) is 4.13. The third-order valence-electron chi connectivity index (χ3n) is 2.87. The fraction of sp³-hybridized carbons (Fsp3) is 0.500. The third kappa shape index (κ3) is 2.01. The number of aromatic amines is 1. The fourth-order valence-electron chi connectivity index (χ4n) is 1.94. The highest BCUT2D eigenvalue weighted by Gasteiger charge is 2.33. The van der Waals surface area contributed by atoms with Gasteiger partial charge in [0.25, 0.3) is 0 Å². The molecular weight excluding hydrogens is 238 g/mol. The summed E-state index contributed by atoms with van der Waals surface area (Å²) in [5, 5.41) is 21.5. The van der Waals surface area contributed by atoms with E-state index in [-0.39, 0.29) is 6.61 Å². The number of anilines is 1. The largest absolute Gasteiger partial charge is 0.394 e. The first-order chi connectivity index (χ1) is 8.76. The molecule has 8 nitrogen and oxygen atoms in total. The quantitative estimate of drug-likeness (QED) is 0.566. The van der Waals surface area contributed by atoms with Crippen LogP contribution in [0.2, 0.25) is 0 Å². The second kappa shape index (κ2) is 4.48. The van der Waals surface area contributed by atoms with Crippen molar-refractivity contribution < 1.29 is 14.9 Å². The topological polar surface area (TPSA) is 116 Å². The van der Waals surface area contributed by atoms with Crippen LogP contribution in [0.5, 0.6) is 0 Å². The van der Waals surface area contributed by atoms with Gasteiger partial charge in [0, 0.05) is 6.42 Å². The van der Waals surface area contributed by atoms with E-state index in [1.807, 2.05) is 0 Å². The number of aliphatic hydroxyl groups excluding tert-OH is 2. The average Bonchev–Trinajstić information content (AvgIpc) is 2.95. The van der Waals surface area contributed by atoms with Crippen molar-refractivity contribution in [1.29, 1.82) is 0 Å². The molecule has 2 aromatic heterocycles. The number of nitrogens with zero attached hydrogens (tertiary/aromatic N) is 3. The number of H-pyrrole nitrogens is 1. The van der Waals surface area contributed by atoms with Gasteiger partial charge in [-0.15, -0.1) is 0 Å². The average molecular weight is 251 g/mol. The highest BCUT2D eigenvalue weighted by Crippen LogP contribution is 2.21. The highest BCUT2D eigenvalue weighted by atomic mass is 16.5. The Bertz CT molecular complexity index is 545. The van der Waals surface area contributed by atoms with Gasteiger partial charge < -0.3 is 25.3 Å². The first kappa shape index (κ1) is 11.3. The lowest BCUT2D eigenvalue weighted by Gasteiger charge is -2.13. The predicted molar refractivity (Wildman–Crippen MR) is 61.7 cm³/mol. The SMILES string of the molecule is OC[C@H]1OC(Nc2ncc3[nH]cnc3n2)C[C@@H]1O. The summed E-state index contributed by atoms with van der Waals surface area (Å²) in [6.07, 6.45) is 1.90. The van der Waals surface area contributed by atoms with Crippen LogP contribution in [0, 0.1) is 0 Å². The molecule has 0 saturated carbocycles. The van der Waals surface area contributed by atoms with E-state index >= 15 is 0 Å². The van der Waals surface area contributed by atoms with Crippen LogP contribution in [-0.4, -0.2) is 55.2 Å². The summed E-state index contributed by atoms with van der Waals surface area (Å²) in [4.78, 5) is 15.2. The minimum absolute atomic E-state index is 0.210. The fourth-order valence-corrected chi connectivity index (χ4v) is 1.94. The van der Waals surface area contributed by atoms with Crippen molar-refractivity contribution >= 4 is 17.1 Å². The van der Waals surface area contributed by atoms with Gasteiger partial charge in [-0.2, -0.15) is 4.98 Å². The molecule has 0 aromatic carbocycles. The molecule has 3 atom stereocenters. The van der Waals surface area contributed by atoms with Gasteiger partial charge in [-0.05, 0) is 0 Å². The highest BCUT2D eigenvalue weighted by molar-refractivity contribution is 5.69. The van der Waals surface area contributed by atoms with Crippen LogP contribution in [-0.2, 0) is 4.74 Å². The van der Waals surface area contributed by atoms with E-state index in [1.54, 1.807) is 12.5 Å². The molecule has 1 fully saturated rings. The van der Waals surface area contributed by atoms with E-state index in [2.05, 4.69) is 25.3 Å². The maximum atomic E-state index is 9.59. The molecule has 0 bridgehead atoms. The molecule has 2 aromatic rings. The Labute approximate surface area is 102 Å². The van der Waals surface area contributed by atoms with Gasteiger partial charge in [0.05, 0.1) is 25.2 Å². The molecule has 1 aliphatic rings. The Morgan fingerprint density at radius 2 is 2.39 bits per heavy atom. The number of ether oxygens (including phenoxy) is 1. The molecule has 0 radical (unpaired) electrons. The van der Waals surface area contributed by atoms with E-state index in [0.29, 0.717) is 18.0 Å². The number of aromatic nitrogens is 4. The molecule has 96 valence electrons. The summed E-state index contributed by atoms with van der Waals surface area (Å²) in [7, 11) is 0. The zero-order chi connectivity index (χ0) is 12.5. The van der Waals surface area contributed by atoms with E-state index in [1.165, 1.54) is 0 Å². The van der Waals surface area contributed by atoms with Gasteiger partial charge in [-0.1, -0.05) is 0 Å². The molecule has 0 spiro atoms. The van der Waals surface area contributed by atoms with E-state index in [0.717, 1.165) is 5.52 Å². The summed E-state index contributed by atoms with van der Waals surface area (Å²) in [5.41, 5.74) is 1.31. The summed E-state index contributed by atoms with van der Waals surface area (Å²) in [6.45, 7) is -0.210. The maximum Gasteiger partial charge on any atom is 0.226 e. The van der Waals surface area contributed by atoms with Crippen molar-refractivity contribution in [2.24, 2.45) is 0 Å². The molecular formula is C10H13N5O3. The minimum atomic E-state index is -0.679. The van der Waals surface area contributed by atoms with Crippen LogP contribution < -0.4 is 5.32 Å². The Hall–Kier alpha value is -1.77. The van der Waals surface area contributed by atoms with Gasteiger partial charge >= 0.3 is 0 Å². The van der Waals surface area contributed by atoms with E-state index < -0.39 is 18.4 Å². The number of imidazole rings is 1. The summed E-state index contributed by atoms with van der Waals surface area (Å²) in [6, 6.07) is 0. The number of aliphatic hydroxyl groups is 2. The zero-order valence-corrected chi connectivity index (χ0v) is 9.45. The monoisotopic (exact) mass is 251 g/mol. The number of rotatable bonds is 3. The van der Waals surface area contributed by atoms with Crippen LogP contribution in [0.1, 0.15) is 6.42 Å². The van der Waals surface area contributed by atoms with Crippen molar-refractivity contribution in [3.63, 3.8) is 0 Å². The molecule has 0 aliphatic carbocycles. The van der Waals surface area contributed by atoms with Gasteiger partial charge in [-0.3, -0.25) is 0 Å². The molecule has 1 saturated heterocycles. The first-order valence-electron chi connectivity index (χ1n) is 5.63. The minimum Gasteiger partial charge on any atom is -0.394 e. The van der Waals surface area contributed by atoms with Gasteiger partial charge in [0.15, 0.2) is 5.65 Å². The molecule has 3 rings (SSSR count). The van der Waals surface area contributed by atoms with Gasteiger partial charge in [-0.25, -0.2) is 9.97 Å². The molecule has 1 unspecified atom stereocenters. The number of hydrogen-bond donors (Lipinski definition) is 4. The summed E-state index contributed by atoms with van der Waals surface area (Å²) < 4.78 is 5.40. The van der Waals surface area contributed by atoms with E-state index in [4.69, 9.17) is 9.84 Å². The van der Waals surface area contributed by atoms with Crippen LogP contribution in [0.15, 0.2) is 12.5 Å². The lowest BCUT2D eigenvalue weighted by Crippen LogP contribution is -2.25. The Morgan fingerprint density at radius 3 is 3.17 bits per heavy atom. The van der Waals surface area contributed by atoms with Crippen LogP contribution in [0.3, 0.4) is 0 Å². The molecule has 1 aliphatic heterocycles. The van der Waals surface area contributed by atoms with Crippen molar-refractivity contribution in [1.82, 2.24) is 19.9 Å². The van der Waals surface area contributed by atoms with Crippen molar-refractivity contribution in [2.75, 3.05) is 11.9 Å². The maximum absolute atomic E-state index is 9.59. The number of nitrogens with one attached hydrogen (secondary N) is 2. The summed E-state index contributed by atoms with van der Waals surface area (Å²) >= 11 is 0. The van der Waals surface area contributed by atoms with Gasteiger partial charge in [0.1, 0.15) is 17.8 Å². The predicted octanol–water partition coefficient (Wildman–Crippen LogP) is -0.767. The number of fused-ring (bicyclic) bond motifs is 1. The third-order valence-corrected chi connectivity index (χ3v) is 2.87. The van der Waals surface area contributed by atoms with Crippen LogP contribution in [0.25, 0.3) is 11.2 Å². The Balaban J connectivity index is 1.72. The second-order valence-corrected chi connectivity index (χ2v) is 4.13. The molecule has 18 heavy (non-hydrogen) atoms. The summed E-state index contributed by atoms with van der Waals surface area (Å²) in [5.74, 6) is 0.380. The van der Waals surface area contributed by atoms with Crippen molar-refractivity contribution in [2.45, 2.75) is 24.9 Å². The molecule has 8 heteroatoms. The van der Waals surface area contributed by atoms with Crippen molar-refractivity contribution in [3.05, 3.63) is 12.5 Å². The van der Waals surface area contributed by atoms with Crippen LogP contribution >= 0.6 is 0 Å². The Kier molecular flexibility index (Phi) is 2.82. The molecule has 0 amide bonds. The van der Waals surface area contributed by atoms with E-state index in [9.17, 15) is 5.11 Å². The Morgan fingerprint density at radius 1 is 1.50 bits per heavy atom. The number of hydrogen-bond acceptors (Lipinski definition) is 7. The van der Waals surface area contributed by atoms with Gasteiger partial charge in [0.2, 0.25) is 5.95 Å². The molecule has 3 heterocycles. The van der Waals surface area contributed by atoms with Crippen molar-refractivity contribution in [3.8, 4) is 0 Å². The normalized spacial score (nSPS) is 27.8. The zero-order valence-electron chi connectivity index (χ0n) is 9.45. The lowest BCUT2D eigenvalue weighted by molar-refractivity contribution is -0.0150. The van der Waals surface area contributed by atoms with Crippen LogP contribution in [0.4, 0.5) is 5.95 Å².